The van der Waals surface area contributed by atoms with Crippen LogP contribution >= 0.6 is 24.8 Å². The lowest BCUT2D eigenvalue weighted by Gasteiger charge is -2.26. The van der Waals surface area contributed by atoms with Gasteiger partial charge in [-0.2, -0.15) is 9.40 Å². The summed E-state index contributed by atoms with van der Waals surface area (Å²) in [4.78, 5) is 0.386. The Hall–Kier alpha value is -0.340. The van der Waals surface area contributed by atoms with E-state index in [0.29, 0.717) is 24.5 Å². The summed E-state index contributed by atoms with van der Waals surface area (Å²) in [5.41, 5.74) is 0.798. The summed E-state index contributed by atoms with van der Waals surface area (Å²) in [5.74, 6) is 0. The molecular weight excluding hydrogens is 323 g/mol. The lowest BCUT2D eigenvalue weighted by Crippen LogP contribution is -2.37. The first kappa shape index (κ1) is 17.7. The fourth-order valence-corrected chi connectivity index (χ4v) is 4.29. The average Bonchev–Trinajstić information content (AvgIpc) is 2.84. The molecule has 116 valence electrons. The molecule has 0 bridgehead atoms. The van der Waals surface area contributed by atoms with Crippen LogP contribution in [0.2, 0.25) is 0 Å². The number of rotatable bonds is 2. The van der Waals surface area contributed by atoms with Crippen LogP contribution in [0, 0.1) is 0 Å². The summed E-state index contributed by atoms with van der Waals surface area (Å²) >= 11 is 0. The molecule has 0 saturated carbocycles. The highest BCUT2D eigenvalue weighted by molar-refractivity contribution is 7.89. The van der Waals surface area contributed by atoms with Gasteiger partial charge in [0.2, 0.25) is 10.0 Å². The van der Waals surface area contributed by atoms with Crippen molar-refractivity contribution in [3.8, 4) is 0 Å². The van der Waals surface area contributed by atoms with Gasteiger partial charge in [-0.1, -0.05) is 6.42 Å². The first-order valence-electron chi connectivity index (χ1n) is 6.45. The van der Waals surface area contributed by atoms with Crippen molar-refractivity contribution in [3.05, 3.63) is 11.9 Å². The second kappa shape index (κ2) is 7.09. The summed E-state index contributed by atoms with van der Waals surface area (Å²) in [6.45, 7) is 3.45. The third-order valence-electron chi connectivity index (χ3n) is 3.64. The van der Waals surface area contributed by atoms with Gasteiger partial charge in [-0.25, -0.2) is 8.42 Å². The standard InChI is InChI=1S/C11H18N4O2S.2ClH/c16-18(17,14-5-2-1-3-6-14)11-9-13-15-7-4-12-8-10(11)15;;/h9,12H,1-8H2;2*1H. The molecule has 0 aromatic carbocycles. The van der Waals surface area contributed by atoms with Crippen molar-refractivity contribution >= 4 is 34.8 Å². The van der Waals surface area contributed by atoms with Gasteiger partial charge < -0.3 is 5.32 Å². The highest BCUT2D eigenvalue weighted by Gasteiger charge is 2.31. The quantitative estimate of drug-likeness (QED) is 0.870. The number of fused-ring (bicyclic) bond motifs is 1. The van der Waals surface area contributed by atoms with E-state index >= 15 is 0 Å². The molecule has 0 spiro atoms. The molecule has 2 aliphatic rings. The van der Waals surface area contributed by atoms with Crippen LogP contribution in [0.4, 0.5) is 0 Å². The number of piperidine rings is 1. The number of hydrogen-bond acceptors (Lipinski definition) is 4. The van der Waals surface area contributed by atoms with Crippen molar-refractivity contribution in [1.29, 1.82) is 0 Å². The molecule has 1 aromatic rings. The predicted octanol–water partition coefficient (Wildman–Crippen LogP) is 1.00. The molecular formula is C11H20Cl2N4O2S. The Balaban J connectivity index is 0.000001000. The zero-order valence-electron chi connectivity index (χ0n) is 11.1. The van der Waals surface area contributed by atoms with Crippen molar-refractivity contribution in [2.45, 2.75) is 37.2 Å². The predicted molar refractivity (Wildman–Crippen MR) is 81.0 cm³/mol. The minimum absolute atomic E-state index is 0. The van der Waals surface area contributed by atoms with Crippen LogP contribution in [0.25, 0.3) is 0 Å². The molecule has 0 atom stereocenters. The lowest BCUT2D eigenvalue weighted by atomic mass is 10.2. The van der Waals surface area contributed by atoms with E-state index in [1.54, 1.807) is 8.99 Å². The molecule has 0 unspecified atom stereocenters. The Morgan fingerprint density at radius 1 is 1.10 bits per heavy atom. The number of nitrogens with one attached hydrogen (secondary N) is 1. The van der Waals surface area contributed by atoms with E-state index in [1.165, 1.54) is 6.20 Å². The van der Waals surface area contributed by atoms with Gasteiger partial charge in [-0.15, -0.1) is 24.8 Å². The summed E-state index contributed by atoms with van der Waals surface area (Å²) in [7, 11) is -3.35. The topological polar surface area (TPSA) is 67.2 Å². The molecule has 0 aliphatic carbocycles. The van der Waals surface area contributed by atoms with E-state index in [1.807, 2.05) is 0 Å². The van der Waals surface area contributed by atoms with E-state index < -0.39 is 10.0 Å². The Morgan fingerprint density at radius 2 is 1.80 bits per heavy atom. The van der Waals surface area contributed by atoms with Gasteiger partial charge in [0.1, 0.15) is 4.90 Å². The van der Waals surface area contributed by atoms with Crippen molar-refractivity contribution in [3.63, 3.8) is 0 Å². The van der Waals surface area contributed by atoms with E-state index in [4.69, 9.17) is 0 Å². The van der Waals surface area contributed by atoms with Gasteiger partial charge in [0.25, 0.3) is 0 Å². The van der Waals surface area contributed by atoms with Crippen molar-refractivity contribution in [2.75, 3.05) is 19.6 Å². The Bertz CT molecular complexity index is 541. The fraction of sp³-hybridized carbons (Fsp3) is 0.727. The molecule has 2 aliphatic heterocycles. The van der Waals surface area contributed by atoms with Gasteiger partial charge >= 0.3 is 0 Å². The van der Waals surface area contributed by atoms with Crippen LogP contribution in [0.5, 0.6) is 0 Å². The monoisotopic (exact) mass is 342 g/mol. The molecule has 3 heterocycles. The molecule has 0 radical (unpaired) electrons. The van der Waals surface area contributed by atoms with E-state index in [2.05, 4.69) is 10.4 Å². The van der Waals surface area contributed by atoms with Crippen LogP contribution in [0.3, 0.4) is 0 Å². The zero-order valence-corrected chi connectivity index (χ0v) is 13.6. The molecule has 0 amide bonds. The van der Waals surface area contributed by atoms with Crippen LogP contribution in [-0.2, 0) is 23.1 Å². The third-order valence-corrected chi connectivity index (χ3v) is 5.58. The number of sulfonamides is 1. The smallest absolute Gasteiger partial charge is 0.246 e. The van der Waals surface area contributed by atoms with Crippen LogP contribution in [0.1, 0.15) is 25.0 Å². The first-order chi connectivity index (χ1) is 8.69. The number of nitrogens with zero attached hydrogens (tertiary/aromatic N) is 3. The number of hydrogen-bond donors (Lipinski definition) is 1. The second-order valence-corrected chi connectivity index (χ2v) is 6.73. The van der Waals surface area contributed by atoms with Gasteiger partial charge in [0.05, 0.1) is 18.4 Å². The molecule has 6 nitrogen and oxygen atoms in total. The maximum Gasteiger partial charge on any atom is 0.246 e. The molecule has 20 heavy (non-hydrogen) atoms. The minimum atomic E-state index is -3.35. The maximum atomic E-state index is 12.6. The van der Waals surface area contributed by atoms with Crippen LogP contribution in [0.15, 0.2) is 11.1 Å². The number of halogens is 2. The molecule has 1 N–H and O–H groups in total. The second-order valence-electron chi connectivity index (χ2n) is 4.82. The average molecular weight is 343 g/mol. The SMILES string of the molecule is Cl.Cl.O=S(=O)(c1cnn2c1CNCC2)N1CCCCC1. The van der Waals surface area contributed by atoms with Gasteiger partial charge in [0.15, 0.2) is 0 Å². The number of aromatic nitrogens is 2. The summed E-state index contributed by atoms with van der Waals surface area (Å²) in [6.07, 6.45) is 4.55. The summed E-state index contributed by atoms with van der Waals surface area (Å²) < 4.78 is 28.5. The van der Waals surface area contributed by atoms with Crippen molar-refractivity contribution in [1.82, 2.24) is 19.4 Å². The Labute approximate surface area is 131 Å². The molecule has 1 saturated heterocycles. The molecule has 9 heteroatoms. The van der Waals surface area contributed by atoms with Crippen molar-refractivity contribution in [2.24, 2.45) is 0 Å². The highest BCUT2D eigenvalue weighted by atomic mass is 35.5. The normalized spacial score (nSPS) is 19.6. The van der Waals surface area contributed by atoms with E-state index in [9.17, 15) is 8.42 Å². The van der Waals surface area contributed by atoms with Gasteiger partial charge in [-0.05, 0) is 12.8 Å². The first-order valence-corrected chi connectivity index (χ1v) is 7.89. The third kappa shape index (κ3) is 3.12. The molecule has 1 fully saturated rings. The maximum absolute atomic E-state index is 12.6. The summed E-state index contributed by atoms with van der Waals surface area (Å²) in [6, 6.07) is 0. The summed E-state index contributed by atoms with van der Waals surface area (Å²) in [5, 5.41) is 7.39. The molecule has 1 aromatic heterocycles. The van der Waals surface area contributed by atoms with Crippen molar-refractivity contribution < 1.29 is 8.42 Å². The van der Waals surface area contributed by atoms with Gasteiger partial charge in [-0.3, -0.25) is 4.68 Å². The molecule has 3 rings (SSSR count). The zero-order chi connectivity index (χ0) is 12.6. The lowest BCUT2D eigenvalue weighted by molar-refractivity contribution is 0.346. The minimum Gasteiger partial charge on any atom is -0.309 e. The van der Waals surface area contributed by atoms with E-state index in [0.717, 1.165) is 38.0 Å². The van der Waals surface area contributed by atoms with Crippen LogP contribution in [-0.4, -0.2) is 42.1 Å². The van der Waals surface area contributed by atoms with Gasteiger partial charge in [0, 0.05) is 26.2 Å². The fourth-order valence-electron chi connectivity index (χ4n) is 2.62. The highest BCUT2D eigenvalue weighted by Crippen LogP contribution is 2.24. The van der Waals surface area contributed by atoms with E-state index in [-0.39, 0.29) is 24.8 Å². The Kier molecular flexibility index (Phi) is 6.27. The van der Waals surface area contributed by atoms with Crippen LogP contribution < -0.4 is 5.32 Å². The largest absolute Gasteiger partial charge is 0.309 e. The Morgan fingerprint density at radius 3 is 2.50 bits per heavy atom.